The van der Waals surface area contributed by atoms with Gasteiger partial charge in [-0.3, -0.25) is 19.8 Å². The maximum absolute atomic E-state index is 11.0. The van der Waals surface area contributed by atoms with Crippen LogP contribution in [-0.2, 0) is 11.3 Å². The van der Waals surface area contributed by atoms with Gasteiger partial charge >= 0.3 is 5.97 Å². The van der Waals surface area contributed by atoms with E-state index in [-0.39, 0.29) is 18.3 Å². The lowest BCUT2D eigenvalue weighted by atomic mass is 10.1. The van der Waals surface area contributed by atoms with Crippen LogP contribution in [0.4, 0.5) is 5.69 Å². The van der Waals surface area contributed by atoms with Gasteiger partial charge in [-0.15, -0.1) is 0 Å². The van der Waals surface area contributed by atoms with Crippen LogP contribution in [-0.4, -0.2) is 33.5 Å². The van der Waals surface area contributed by atoms with E-state index in [0.717, 1.165) is 31.2 Å². The highest BCUT2D eigenvalue weighted by molar-refractivity contribution is 9.10. The highest BCUT2D eigenvalue weighted by atomic mass is 79.9. The molecule has 114 valence electrons. The van der Waals surface area contributed by atoms with Crippen LogP contribution < -0.4 is 0 Å². The Hall–Kier alpha value is -1.47. The van der Waals surface area contributed by atoms with E-state index < -0.39 is 10.9 Å². The zero-order valence-corrected chi connectivity index (χ0v) is 13.1. The van der Waals surface area contributed by atoms with Crippen LogP contribution >= 0.6 is 15.9 Å². The summed E-state index contributed by atoms with van der Waals surface area (Å²) >= 11 is 3.34. The van der Waals surface area contributed by atoms with Gasteiger partial charge in [0.1, 0.15) is 0 Å². The fourth-order valence-corrected chi connectivity index (χ4v) is 3.25. The molecule has 0 atom stereocenters. The smallest absolute Gasteiger partial charge is 0.317 e. The molecule has 0 spiro atoms. The number of non-ortho nitro benzene ring substituents is 1. The standard InChI is InChI=1S/C14H17BrN2O4/c15-13-7-12(17(20)21)6-5-10(13)8-16(9-14(18)19)11-3-1-2-4-11/h5-7,11H,1-4,8-9H2,(H,18,19). The summed E-state index contributed by atoms with van der Waals surface area (Å²) in [5.74, 6) is -0.847. The Kier molecular flexibility index (Phi) is 5.30. The molecule has 0 heterocycles. The largest absolute Gasteiger partial charge is 0.480 e. The molecule has 0 saturated heterocycles. The van der Waals surface area contributed by atoms with Crippen molar-refractivity contribution in [1.29, 1.82) is 0 Å². The molecule has 1 saturated carbocycles. The summed E-state index contributed by atoms with van der Waals surface area (Å²) in [6.07, 6.45) is 4.28. The molecule has 1 N–H and O–H groups in total. The number of aliphatic carboxylic acids is 1. The van der Waals surface area contributed by atoms with E-state index in [4.69, 9.17) is 5.11 Å². The van der Waals surface area contributed by atoms with E-state index in [1.807, 2.05) is 4.90 Å². The lowest BCUT2D eigenvalue weighted by molar-refractivity contribution is -0.384. The first-order valence-corrected chi connectivity index (χ1v) is 7.65. The molecule has 0 aromatic heterocycles. The van der Waals surface area contributed by atoms with Gasteiger partial charge in [-0.05, 0) is 24.5 Å². The maximum Gasteiger partial charge on any atom is 0.317 e. The normalized spacial score (nSPS) is 15.5. The summed E-state index contributed by atoms with van der Waals surface area (Å²) in [6.45, 7) is 0.476. The molecule has 2 rings (SSSR count). The van der Waals surface area contributed by atoms with Crippen LogP contribution in [0.15, 0.2) is 22.7 Å². The second kappa shape index (κ2) is 7.00. The fourth-order valence-electron chi connectivity index (χ4n) is 2.75. The lowest BCUT2D eigenvalue weighted by Crippen LogP contribution is -2.37. The Morgan fingerprint density at radius 1 is 1.43 bits per heavy atom. The number of carboxylic acid groups (broad SMARTS) is 1. The average Bonchev–Trinajstić information content (AvgIpc) is 2.93. The van der Waals surface area contributed by atoms with Crippen LogP contribution in [0.5, 0.6) is 0 Å². The molecular weight excluding hydrogens is 340 g/mol. The second-order valence-corrected chi connectivity index (χ2v) is 6.12. The quantitative estimate of drug-likeness (QED) is 0.624. The average molecular weight is 357 g/mol. The van der Waals surface area contributed by atoms with E-state index in [9.17, 15) is 14.9 Å². The molecule has 1 fully saturated rings. The van der Waals surface area contributed by atoms with Gasteiger partial charge in [0.2, 0.25) is 0 Å². The first kappa shape index (κ1) is 15.9. The highest BCUT2D eigenvalue weighted by Crippen LogP contribution is 2.28. The third-order valence-electron chi connectivity index (χ3n) is 3.80. The van der Waals surface area contributed by atoms with Crippen molar-refractivity contribution in [3.63, 3.8) is 0 Å². The second-order valence-electron chi connectivity index (χ2n) is 5.27. The van der Waals surface area contributed by atoms with Gasteiger partial charge in [0.05, 0.1) is 11.5 Å². The summed E-state index contributed by atoms with van der Waals surface area (Å²) in [4.78, 5) is 23.3. The lowest BCUT2D eigenvalue weighted by Gasteiger charge is -2.27. The molecule has 0 radical (unpaired) electrons. The molecule has 1 aromatic carbocycles. The van der Waals surface area contributed by atoms with Gasteiger partial charge in [0.15, 0.2) is 0 Å². The molecule has 7 heteroatoms. The SMILES string of the molecule is O=C(O)CN(Cc1ccc([N+](=O)[O-])cc1Br)C1CCCC1. The molecular formula is C14H17BrN2O4. The third kappa shape index (κ3) is 4.25. The van der Waals surface area contributed by atoms with Crippen molar-refractivity contribution in [3.05, 3.63) is 38.3 Å². The summed E-state index contributed by atoms with van der Waals surface area (Å²) < 4.78 is 0.644. The number of carboxylic acids is 1. The molecule has 0 bridgehead atoms. The van der Waals surface area contributed by atoms with Gasteiger partial charge in [-0.1, -0.05) is 28.8 Å². The molecule has 0 amide bonds. The van der Waals surface area contributed by atoms with Crippen molar-refractivity contribution in [2.24, 2.45) is 0 Å². The van der Waals surface area contributed by atoms with Gasteiger partial charge in [-0.25, -0.2) is 0 Å². The zero-order valence-electron chi connectivity index (χ0n) is 11.5. The minimum Gasteiger partial charge on any atom is -0.480 e. The van der Waals surface area contributed by atoms with Gasteiger partial charge < -0.3 is 5.11 Å². The number of halogens is 1. The molecule has 0 unspecified atom stereocenters. The predicted molar refractivity (Wildman–Crippen MR) is 81.1 cm³/mol. The Labute approximate surface area is 131 Å². The highest BCUT2D eigenvalue weighted by Gasteiger charge is 2.25. The number of hydrogen-bond acceptors (Lipinski definition) is 4. The van der Waals surface area contributed by atoms with Gasteiger partial charge in [0, 0.05) is 29.2 Å². The fraction of sp³-hybridized carbons (Fsp3) is 0.500. The van der Waals surface area contributed by atoms with Crippen molar-refractivity contribution in [2.75, 3.05) is 6.54 Å². The van der Waals surface area contributed by atoms with Crippen LogP contribution in [0, 0.1) is 10.1 Å². The first-order valence-electron chi connectivity index (χ1n) is 6.86. The van der Waals surface area contributed by atoms with E-state index >= 15 is 0 Å². The zero-order chi connectivity index (χ0) is 15.4. The minimum absolute atomic E-state index is 0.00586. The minimum atomic E-state index is -0.847. The van der Waals surface area contributed by atoms with Crippen molar-refractivity contribution in [1.82, 2.24) is 4.90 Å². The molecule has 21 heavy (non-hydrogen) atoms. The van der Waals surface area contributed by atoms with Crippen LogP contribution in [0.2, 0.25) is 0 Å². The van der Waals surface area contributed by atoms with Crippen molar-refractivity contribution < 1.29 is 14.8 Å². The first-order chi connectivity index (χ1) is 9.97. The Morgan fingerprint density at radius 2 is 2.10 bits per heavy atom. The molecule has 1 aliphatic carbocycles. The number of nitrogens with zero attached hydrogens (tertiary/aromatic N) is 2. The molecule has 6 nitrogen and oxygen atoms in total. The van der Waals surface area contributed by atoms with E-state index in [2.05, 4.69) is 15.9 Å². The number of benzene rings is 1. The van der Waals surface area contributed by atoms with Crippen molar-refractivity contribution in [3.8, 4) is 0 Å². The molecule has 1 aliphatic rings. The Bertz CT molecular complexity index is 544. The van der Waals surface area contributed by atoms with E-state index in [1.165, 1.54) is 12.1 Å². The van der Waals surface area contributed by atoms with Crippen LogP contribution in [0.1, 0.15) is 31.2 Å². The summed E-state index contributed by atoms with van der Waals surface area (Å²) in [5, 5.41) is 19.8. The molecule has 0 aliphatic heterocycles. The summed E-state index contributed by atoms with van der Waals surface area (Å²) in [6, 6.07) is 4.88. The summed E-state index contributed by atoms with van der Waals surface area (Å²) in [7, 11) is 0. The summed E-state index contributed by atoms with van der Waals surface area (Å²) in [5.41, 5.74) is 0.894. The van der Waals surface area contributed by atoms with Crippen molar-refractivity contribution >= 4 is 27.6 Å². The Morgan fingerprint density at radius 3 is 2.62 bits per heavy atom. The topological polar surface area (TPSA) is 83.7 Å². The van der Waals surface area contributed by atoms with Gasteiger partial charge in [0.25, 0.3) is 5.69 Å². The van der Waals surface area contributed by atoms with Crippen LogP contribution in [0.25, 0.3) is 0 Å². The monoisotopic (exact) mass is 356 g/mol. The number of nitro benzene ring substituents is 1. The van der Waals surface area contributed by atoms with E-state index in [1.54, 1.807) is 6.07 Å². The number of hydrogen-bond donors (Lipinski definition) is 1. The number of rotatable bonds is 6. The number of nitro groups is 1. The number of carbonyl (C=O) groups is 1. The molecule has 1 aromatic rings. The van der Waals surface area contributed by atoms with Crippen LogP contribution in [0.3, 0.4) is 0 Å². The Balaban J connectivity index is 2.15. The predicted octanol–water partition coefficient (Wildman–Crippen LogP) is 3.19. The van der Waals surface area contributed by atoms with Gasteiger partial charge in [-0.2, -0.15) is 0 Å². The maximum atomic E-state index is 11.0. The van der Waals surface area contributed by atoms with Crippen molar-refractivity contribution in [2.45, 2.75) is 38.3 Å². The third-order valence-corrected chi connectivity index (χ3v) is 4.54. The van der Waals surface area contributed by atoms with E-state index in [0.29, 0.717) is 11.0 Å².